The van der Waals surface area contributed by atoms with Gasteiger partial charge in [0, 0.05) is 19.0 Å². The summed E-state index contributed by atoms with van der Waals surface area (Å²) in [5.74, 6) is 0.333. The normalized spacial score (nSPS) is 30.0. The summed E-state index contributed by atoms with van der Waals surface area (Å²) in [5.41, 5.74) is 0.525. The highest BCUT2D eigenvalue weighted by Gasteiger charge is 2.52. The lowest BCUT2D eigenvalue weighted by Crippen LogP contribution is -2.53. The Labute approximate surface area is 154 Å². The van der Waals surface area contributed by atoms with Gasteiger partial charge in [0.25, 0.3) is 0 Å². The van der Waals surface area contributed by atoms with E-state index in [2.05, 4.69) is 51.8 Å². The van der Waals surface area contributed by atoms with E-state index in [1.807, 2.05) is 0 Å². The molecule has 144 valence electrons. The van der Waals surface area contributed by atoms with Gasteiger partial charge in [-0.05, 0) is 42.4 Å². The van der Waals surface area contributed by atoms with Gasteiger partial charge < -0.3 is 10.2 Å². The quantitative estimate of drug-likeness (QED) is 0.750. The van der Waals surface area contributed by atoms with Gasteiger partial charge in [0.2, 0.25) is 11.8 Å². The molecule has 1 aliphatic carbocycles. The molecule has 0 aromatic carbocycles. The van der Waals surface area contributed by atoms with Gasteiger partial charge in [-0.1, -0.05) is 54.4 Å². The monoisotopic (exact) mass is 350 g/mol. The summed E-state index contributed by atoms with van der Waals surface area (Å²) in [4.78, 5) is 27.7. The van der Waals surface area contributed by atoms with Crippen LogP contribution in [-0.2, 0) is 9.59 Å². The second-order valence-corrected chi connectivity index (χ2v) is 9.71. The van der Waals surface area contributed by atoms with E-state index < -0.39 is 0 Å². The van der Waals surface area contributed by atoms with E-state index in [0.717, 1.165) is 38.6 Å². The number of likely N-dealkylation sites (tertiary alicyclic amines) is 1. The van der Waals surface area contributed by atoms with Crippen molar-refractivity contribution in [3.63, 3.8) is 0 Å². The van der Waals surface area contributed by atoms with E-state index in [4.69, 9.17) is 0 Å². The van der Waals surface area contributed by atoms with Crippen molar-refractivity contribution in [1.82, 2.24) is 10.2 Å². The van der Waals surface area contributed by atoms with E-state index >= 15 is 0 Å². The molecule has 4 atom stereocenters. The summed E-state index contributed by atoms with van der Waals surface area (Å²) >= 11 is 0. The topological polar surface area (TPSA) is 49.4 Å². The Bertz CT molecular complexity index is 502. The van der Waals surface area contributed by atoms with Gasteiger partial charge in [0.05, 0.1) is 0 Å². The van der Waals surface area contributed by atoms with Crippen molar-refractivity contribution >= 4 is 11.8 Å². The molecule has 25 heavy (non-hydrogen) atoms. The van der Waals surface area contributed by atoms with Crippen molar-refractivity contribution in [1.29, 1.82) is 0 Å². The van der Waals surface area contributed by atoms with Crippen LogP contribution in [0.25, 0.3) is 0 Å². The number of rotatable bonds is 7. The highest BCUT2D eigenvalue weighted by molar-refractivity contribution is 5.88. The van der Waals surface area contributed by atoms with Gasteiger partial charge in [0.1, 0.15) is 6.04 Å². The maximum atomic E-state index is 13.4. The van der Waals surface area contributed by atoms with Crippen molar-refractivity contribution in [2.45, 2.75) is 98.6 Å². The molecule has 1 aliphatic heterocycles. The molecule has 1 saturated carbocycles. The van der Waals surface area contributed by atoms with Crippen LogP contribution >= 0.6 is 0 Å². The van der Waals surface area contributed by atoms with E-state index in [9.17, 15) is 9.59 Å². The number of carbonyl (C=O) groups is 2. The summed E-state index contributed by atoms with van der Waals surface area (Å²) in [6, 6.07) is -0.0410. The molecule has 4 nitrogen and oxygen atoms in total. The minimum Gasteiger partial charge on any atom is -0.344 e. The fourth-order valence-corrected chi connectivity index (χ4v) is 5.16. The number of carbonyl (C=O) groups excluding carboxylic acids is 2. The number of nitrogens with zero attached hydrogens (tertiary/aromatic N) is 1. The third-order valence-electron chi connectivity index (χ3n) is 6.25. The summed E-state index contributed by atoms with van der Waals surface area (Å²) < 4.78 is 0. The molecule has 1 saturated heterocycles. The zero-order chi connectivity index (χ0) is 18.8. The van der Waals surface area contributed by atoms with Gasteiger partial charge >= 0.3 is 0 Å². The maximum Gasteiger partial charge on any atom is 0.245 e. The van der Waals surface area contributed by atoms with Gasteiger partial charge in [0.15, 0.2) is 0 Å². The third kappa shape index (κ3) is 4.77. The Morgan fingerprint density at radius 1 is 1.20 bits per heavy atom. The standard InChI is InChI=1S/C21H38N2O2/c1-7-9-10-17(24)22-18(15(3)8-2)19(25)23-14-21(6)12-16(23)11-20(4,5)13-21/h15-16,18H,7-14H2,1-6H3,(H,22,24). The Balaban J connectivity index is 2.12. The molecule has 2 bridgehead atoms. The van der Waals surface area contributed by atoms with Crippen LogP contribution in [-0.4, -0.2) is 35.3 Å². The van der Waals surface area contributed by atoms with Crippen LogP contribution in [0.15, 0.2) is 0 Å². The largest absolute Gasteiger partial charge is 0.344 e. The highest BCUT2D eigenvalue weighted by Crippen LogP contribution is 2.52. The predicted molar refractivity (Wildman–Crippen MR) is 102 cm³/mol. The highest BCUT2D eigenvalue weighted by atomic mass is 16.2. The van der Waals surface area contributed by atoms with E-state index in [0.29, 0.717) is 17.9 Å². The van der Waals surface area contributed by atoms with Crippen LogP contribution < -0.4 is 5.32 Å². The first kappa shape index (κ1) is 20.3. The zero-order valence-electron chi connectivity index (χ0n) is 17.2. The molecule has 0 radical (unpaired) electrons. The lowest BCUT2D eigenvalue weighted by Gasteiger charge is -2.39. The average molecular weight is 351 g/mol. The van der Waals surface area contributed by atoms with Crippen LogP contribution in [0.5, 0.6) is 0 Å². The van der Waals surface area contributed by atoms with Crippen molar-refractivity contribution in [2.24, 2.45) is 16.7 Å². The van der Waals surface area contributed by atoms with Crippen molar-refractivity contribution in [3.05, 3.63) is 0 Å². The van der Waals surface area contributed by atoms with Crippen LogP contribution in [0.3, 0.4) is 0 Å². The number of amides is 2. The maximum absolute atomic E-state index is 13.4. The van der Waals surface area contributed by atoms with Crippen LogP contribution in [0.1, 0.15) is 86.5 Å². The third-order valence-corrected chi connectivity index (χ3v) is 6.25. The predicted octanol–water partition coefficient (Wildman–Crippen LogP) is 4.13. The molecule has 2 fully saturated rings. The Hall–Kier alpha value is -1.06. The molecule has 4 unspecified atom stereocenters. The lowest BCUT2D eigenvalue weighted by molar-refractivity contribution is -0.139. The van der Waals surface area contributed by atoms with Gasteiger partial charge in [-0.25, -0.2) is 0 Å². The smallest absolute Gasteiger partial charge is 0.245 e. The SMILES string of the molecule is CCCCC(=O)NC(C(=O)N1CC2(C)CC1CC(C)(C)C2)C(C)CC. The molecule has 2 amide bonds. The Morgan fingerprint density at radius 3 is 2.48 bits per heavy atom. The molecule has 1 heterocycles. The van der Waals surface area contributed by atoms with Crippen LogP contribution in [0.2, 0.25) is 0 Å². The van der Waals surface area contributed by atoms with Gasteiger partial charge in [-0.3, -0.25) is 9.59 Å². The van der Waals surface area contributed by atoms with Crippen molar-refractivity contribution < 1.29 is 9.59 Å². The first-order chi connectivity index (χ1) is 11.6. The molecule has 0 aromatic heterocycles. The molecule has 1 N–H and O–H groups in total. The molecule has 2 aliphatic rings. The molecule has 2 rings (SSSR count). The summed E-state index contributed by atoms with van der Waals surface area (Å²) in [5, 5.41) is 3.06. The fourth-order valence-electron chi connectivity index (χ4n) is 5.16. The summed E-state index contributed by atoms with van der Waals surface area (Å²) in [6.07, 6.45) is 6.65. The van der Waals surface area contributed by atoms with Crippen molar-refractivity contribution in [3.8, 4) is 0 Å². The number of nitrogens with one attached hydrogen (secondary N) is 1. The minimum absolute atomic E-state index is 0.0224. The van der Waals surface area contributed by atoms with E-state index in [1.54, 1.807) is 0 Å². The lowest BCUT2D eigenvalue weighted by atomic mass is 9.65. The minimum atomic E-state index is -0.375. The molecule has 0 aromatic rings. The van der Waals surface area contributed by atoms with Crippen molar-refractivity contribution in [2.75, 3.05) is 6.54 Å². The first-order valence-electron chi connectivity index (χ1n) is 10.2. The number of hydrogen-bond donors (Lipinski definition) is 1. The number of fused-ring (bicyclic) bond motifs is 2. The fraction of sp³-hybridized carbons (Fsp3) is 0.905. The van der Waals surface area contributed by atoms with Crippen LogP contribution in [0, 0.1) is 16.7 Å². The zero-order valence-corrected chi connectivity index (χ0v) is 17.2. The number of hydrogen-bond acceptors (Lipinski definition) is 2. The average Bonchev–Trinajstić information content (AvgIpc) is 2.78. The molecular formula is C21H38N2O2. The molecule has 4 heteroatoms. The second kappa shape index (κ2) is 7.67. The Kier molecular flexibility index (Phi) is 6.22. The summed E-state index contributed by atoms with van der Waals surface area (Å²) in [7, 11) is 0. The second-order valence-electron chi connectivity index (χ2n) is 9.71. The Morgan fingerprint density at radius 2 is 1.88 bits per heavy atom. The molecular weight excluding hydrogens is 312 g/mol. The van der Waals surface area contributed by atoms with E-state index in [1.165, 1.54) is 6.42 Å². The summed E-state index contributed by atoms with van der Waals surface area (Å²) in [6.45, 7) is 14.1. The van der Waals surface area contributed by atoms with Gasteiger partial charge in [-0.2, -0.15) is 0 Å². The first-order valence-corrected chi connectivity index (χ1v) is 10.2. The van der Waals surface area contributed by atoms with Gasteiger partial charge in [-0.15, -0.1) is 0 Å². The van der Waals surface area contributed by atoms with E-state index in [-0.39, 0.29) is 29.2 Å². The van der Waals surface area contributed by atoms with Crippen LogP contribution in [0.4, 0.5) is 0 Å². The molecule has 0 spiro atoms. The number of unbranched alkanes of at least 4 members (excludes halogenated alkanes) is 1.